The van der Waals surface area contributed by atoms with E-state index < -0.39 is 0 Å². The molecule has 0 radical (unpaired) electrons. The highest BCUT2D eigenvalue weighted by Gasteiger charge is 2.17. The fourth-order valence-corrected chi connectivity index (χ4v) is 1.99. The van der Waals surface area contributed by atoms with Gasteiger partial charge in [0, 0.05) is 32.6 Å². The van der Waals surface area contributed by atoms with Crippen molar-refractivity contribution in [1.82, 2.24) is 9.80 Å². The van der Waals surface area contributed by atoms with Gasteiger partial charge in [0.15, 0.2) is 0 Å². The molecule has 1 fully saturated rings. The van der Waals surface area contributed by atoms with Gasteiger partial charge in [0.1, 0.15) is 0 Å². The van der Waals surface area contributed by atoms with Gasteiger partial charge in [0.05, 0.1) is 0 Å². The Bertz CT molecular complexity index is 206. The van der Waals surface area contributed by atoms with Crippen molar-refractivity contribution >= 4 is 18.3 Å². The van der Waals surface area contributed by atoms with Gasteiger partial charge in [0.2, 0.25) is 5.91 Å². The molecule has 17 heavy (non-hydrogen) atoms. The van der Waals surface area contributed by atoms with Crippen molar-refractivity contribution in [1.29, 1.82) is 0 Å². The first-order chi connectivity index (χ1) is 7.74. The summed E-state index contributed by atoms with van der Waals surface area (Å²) in [5.41, 5.74) is 5.42. The van der Waals surface area contributed by atoms with Gasteiger partial charge in [-0.25, -0.2) is 0 Å². The second-order valence-electron chi connectivity index (χ2n) is 4.64. The number of amides is 1. The summed E-state index contributed by atoms with van der Waals surface area (Å²) in [7, 11) is 2.11. The van der Waals surface area contributed by atoms with Gasteiger partial charge in [-0.1, -0.05) is 12.8 Å². The Morgan fingerprint density at radius 3 is 2.24 bits per heavy atom. The Morgan fingerprint density at radius 1 is 1.06 bits per heavy atom. The van der Waals surface area contributed by atoms with E-state index in [1.807, 2.05) is 4.90 Å². The van der Waals surface area contributed by atoms with Crippen LogP contribution in [0.25, 0.3) is 0 Å². The number of hydrogen-bond acceptors (Lipinski definition) is 3. The average molecular weight is 264 g/mol. The number of unbranched alkanes of at least 4 members (excludes halogenated alkanes) is 3. The summed E-state index contributed by atoms with van der Waals surface area (Å²) in [6, 6.07) is 0. The molecule has 0 saturated carbocycles. The zero-order valence-corrected chi connectivity index (χ0v) is 11.7. The van der Waals surface area contributed by atoms with Gasteiger partial charge in [-0.15, -0.1) is 12.4 Å². The van der Waals surface area contributed by atoms with Gasteiger partial charge >= 0.3 is 0 Å². The van der Waals surface area contributed by atoms with Crippen LogP contribution in [0.15, 0.2) is 0 Å². The summed E-state index contributed by atoms with van der Waals surface area (Å²) in [5, 5.41) is 0. The number of hydrogen-bond donors (Lipinski definition) is 1. The molecule has 4 nitrogen and oxygen atoms in total. The largest absolute Gasteiger partial charge is 0.340 e. The maximum Gasteiger partial charge on any atom is 0.222 e. The summed E-state index contributed by atoms with van der Waals surface area (Å²) in [4.78, 5) is 16.1. The number of nitrogens with zero attached hydrogens (tertiary/aromatic N) is 2. The van der Waals surface area contributed by atoms with Gasteiger partial charge in [-0.2, -0.15) is 0 Å². The molecule has 2 N–H and O–H groups in total. The predicted molar refractivity (Wildman–Crippen MR) is 73.5 cm³/mol. The lowest BCUT2D eigenvalue weighted by atomic mass is 10.1. The molecule has 1 heterocycles. The van der Waals surface area contributed by atoms with Crippen LogP contribution in [0.5, 0.6) is 0 Å². The van der Waals surface area contributed by atoms with Crippen LogP contribution in [-0.4, -0.2) is 55.5 Å². The Hall–Kier alpha value is -0.320. The van der Waals surface area contributed by atoms with Gasteiger partial charge in [0.25, 0.3) is 0 Å². The van der Waals surface area contributed by atoms with E-state index in [0.717, 1.165) is 58.4 Å². The Labute approximate surface area is 111 Å². The fourth-order valence-electron chi connectivity index (χ4n) is 1.99. The smallest absolute Gasteiger partial charge is 0.222 e. The number of carbonyl (C=O) groups excluding carboxylic acids is 1. The second-order valence-corrected chi connectivity index (χ2v) is 4.64. The molecule has 0 aromatic rings. The van der Waals surface area contributed by atoms with Crippen LogP contribution >= 0.6 is 12.4 Å². The monoisotopic (exact) mass is 263 g/mol. The molecule has 0 aromatic carbocycles. The molecular formula is C12H26ClN3O. The van der Waals surface area contributed by atoms with Crippen molar-refractivity contribution in [2.75, 3.05) is 39.8 Å². The Morgan fingerprint density at radius 2 is 1.65 bits per heavy atom. The highest BCUT2D eigenvalue weighted by molar-refractivity contribution is 5.85. The molecule has 102 valence electrons. The van der Waals surface area contributed by atoms with Crippen LogP contribution in [0.2, 0.25) is 0 Å². The van der Waals surface area contributed by atoms with Crippen molar-refractivity contribution in [3.63, 3.8) is 0 Å². The summed E-state index contributed by atoms with van der Waals surface area (Å²) in [6.07, 6.45) is 5.12. The molecule has 0 atom stereocenters. The second kappa shape index (κ2) is 9.68. The maximum absolute atomic E-state index is 11.8. The molecule has 0 aromatic heterocycles. The van der Waals surface area contributed by atoms with E-state index in [4.69, 9.17) is 5.73 Å². The van der Waals surface area contributed by atoms with Crippen molar-refractivity contribution in [3.8, 4) is 0 Å². The zero-order valence-electron chi connectivity index (χ0n) is 10.9. The summed E-state index contributed by atoms with van der Waals surface area (Å²) in [6.45, 7) is 4.60. The van der Waals surface area contributed by atoms with E-state index in [9.17, 15) is 4.79 Å². The van der Waals surface area contributed by atoms with Crippen molar-refractivity contribution in [3.05, 3.63) is 0 Å². The van der Waals surface area contributed by atoms with E-state index in [1.165, 1.54) is 0 Å². The van der Waals surface area contributed by atoms with Crippen molar-refractivity contribution < 1.29 is 4.79 Å². The van der Waals surface area contributed by atoms with E-state index in [-0.39, 0.29) is 12.4 Å². The molecule has 1 aliphatic rings. The predicted octanol–water partition coefficient (Wildman–Crippen LogP) is 1.09. The molecule has 0 aliphatic carbocycles. The maximum atomic E-state index is 11.8. The minimum Gasteiger partial charge on any atom is -0.340 e. The Balaban J connectivity index is 0.00000256. The molecule has 1 rings (SSSR count). The highest BCUT2D eigenvalue weighted by Crippen LogP contribution is 2.07. The fraction of sp³-hybridized carbons (Fsp3) is 0.917. The summed E-state index contributed by atoms with van der Waals surface area (Å²) < 4.78 is 0. The van der Waals surface area contributed by atoms with Crippen LogP contribution < -0.4 is 5.73 Å². The molecule has 0 bridgehead atoms. The van der Waals surface area contributed by atoms with Gasteiger partial charge in [-0.05, 0) is 26.4 Å². The molecule has 1 aliphatic heterocycles. The number of likely N-dealkylation sites (N-methyl/N-ethyl adjacent to an activating group) is 1. The van der Waals surface area contributed by atoms with Crippen molar-refractivity contribution in [2.45, 2.75) is 32.1 Å². The minimum atomic E-state index is 0. The van der Waals surface area contributed by atoms with Crippen LogP contribution in [0.3, 0.4) is 0 Å². The first-order valence-electron chi connectivity index (χ1n) is 6.40. The average Bonchev–Trinajstić information content (AvgIpc) is 2.29. The molecule has 0 spiro atoms. The van der Waals surface area contributed by atoms with Crippen LogP contribution in [0.1, 0.15) is 32.1 Å². The SMILES string of the molecule is CN1CCN(C(=O)CCCCCCN)CC1.Cl. The molecule has 0 unspecified atom stereocenters. The standard InChI is InChI=1S/C12H25N3O.ClH/c1-14-8-10-15(11-9-14)12(16)6-4-2-3-5-7-13;/h2-11,13H2,1H3;1H. The minimum absolute atomic E-state index is 0. The lowest BCUT2D eigenvalue weighted by Crippen LogP contribution is -2.47. The number of nitrogens with two attached hydrogens (primary N) is 1. The normalized spacial score (nSPS) is 16.7. The van der Waals surface area contributed by atoms with Crippen LogP contribution in [0.4, 0.5) is 0 Å². The van der Waals surface area contributed by atoms with E-state index >= 15 is 0 Å². The third-order valence-electron chi connectivity index (χ3n) is 3.20. The van der Waals surface area contributed by atoms with Crippen LogP contribution in [0, 0.1) is 0 Å². The first kappa shape index (κ1) is 16.7. The topological polar surface area (TPSA) is 49.6 Å². The first-order valence-corrected chi connectivity index (χ1v) is 6.40. The van der Waals surface area contributed by atoms with Gasteiger partial charge in [-0.3, -0.25) is 4.79 Å². The zero-order chi connectivity index (χ0) is 11.8. The number of piperazine rings is 1. The summed E-state index contributed by atoms with van der Waals surface area (Å²) in [5.74, 6) is 0.334. The van der Waals surface area contributed by atoms with E-state index in [1.54, 1.807) is 0 Å². The number of rotatable bonds is 6. The van der Waals surface area contributed by atoms with Crippen molar-refractivity contribution in [2.24, 2.45) is 5.73 Å². The highest BCUT2D eigenvalue weighted by atomic mass is 35.5. The molecule has 1 saturated heterocycles. The molecule has 5 heteroatoms. The lowest BCUT2D eigenvalue weighted by molar-refractivity contribution is -0.132. The van der Waals surface area contributed by atoms with E-state index in [2.05, 4.69) is 11.9 Å². The number of carbonyl (C=O) groups is 1. The third-order valence-corrected chi connectivity index (χ3v) is 3.20. The van der Waals surface area contributed by atoms with Crippen LogP contribution in [-0.2, 0) is 4.79 Å². The number of halogens is 1. The van der Waals surface area contributed by atoms with Gasteiger partial charge < -0.3 is 15.5 Å². The lowest BCUT2D eigenvalue weighted by Gasteiger charge is -2.32. The third kappa shape index (κ3) is 6.86. The quantitative estimate of drug-likeness (QED) is 0.730. The summed E-state index contributed by atoms with van der Waals surface area (Å²) >= 11 is 0. The Kier molecular flexibility index (Phi) is 9.50. The van der Waals surface area contributed by atoms with E-state index in [0.29, 0.717) is 12.3 Å². The molecule has 1 amide bonds. The molecular weight excluding hydrogens is 238 g/mol.